The SMILES string of the molecule is CC(C)COCC(O)CNC(=O)OC(C)(C)C. The largest absolute Gasteiger partial charge is 0.444 e. The second kappa shape index (κ2) is 7.50. The Bertz CT molecular complexity index is 223. The predicted molar refractivity (Wildman–Crippen MR) is 65.9 cm³/mol. The Balaban J connectivity index is 3.62. The lowest BCUT2D eigenvalue weighted by Gasteiger charge is -2.20. The fourth-order valence-electron chi connectivity index (χ4n) is 1.01. The van der Waals surface area contributed by atoms with E-state index >= 15 is 0 Å². The topological polar surface area (TPSA) is 67.8 Å². The number of nitrogens with one attached hydrogen (secondary N) is 1. The molecule has 0 fully saturated rings. The van der Waals surface area contributed by atoms with Crippen LogP contribution in [0.15, 0.2) is 0 Å². The molecule has 1 atom stereocenters. The van der Waals surface area contributed by atoms with E-state index in [4.69, 9.17) is 9.47 Å². The molecule has 0 bridgehead atoms. The Kier molecular flexibility index (Phi) is 7.15. The van der Waals surface area contributed by atoms with Gasteiger partial charge in [0, 0.05) is 13.2 Å². The molecule has 1 unspecified atom stereocenters. The van der Waals surface area contributed by atoms with Crippen LogP contribution >= 0.6 is 0 Å². The highest BCUT2D eigenvalue weighted by molar-refractivity contribution is 5.67. The zero-order valence-corrected chi connectivity index (χ0v) is 11.4. The van der Waals surface area contributed by atoms with Gasteiger partial charge in [0.2, 0.25) is 0 Å². The highest BCUT2D eigenvalue weighted by atomic mass is 16.6. The number of aliphatic hydroxyl groups is 1. The van der Waals surface area contributed by atoms with E-state index in [0.717, 1.165) is 0 Å². The minimum atomic E-state index is -0.707. The molecule has 0 rings (SSSR count). The molecule has 0 spiro atoms. The van der Waals surface area contributed by atoms with Crippen molar-refractivity contribution in [3.8, 4) is 0 Å². The lowest BCUT2D eigenvalue weighted by atomic mass is 10.2. The molecular formula is C12H25NO4. The van der Waals surface area contributed by atoms with Crippen molar-refractivity contribution >= 4 is 6.09 Å². The maximum Gasteiger partial charge on any atom is 0.407 e. The Labute approximate surface area is 103 Å². The fraction of sp³-hybridized carbons (Fsp3) is 0.917. The van der Waals surface area contributed by atoms with Crippen LogP contribution in [0.5, 0.6) is 0 Å². The van der Waals surface area contributed by atoms with Crippen LogP contribution in [0.3, 0.4) is 0 Å². The van der Waals surface area contributed by atoms with Crippen molar-refractivity contribution in [3.05, 3.63) is 0 Å². The maximum atomic E-state index is 11.3. The van der Waals surface area contributed by atoms with Gasteiger partial charge in [-0.05, 0) is 26.7 Å². The lowest BCUT2D eigenvalue weighted by molar-refractivity contribution is 0.0200. The van der Waals surface area contributed by atoms with E-state index in [1.807, 2.05) is 13.8 Å². The van der Waals surface area contributed by atoms with Crippen LogP contribution in [0.2, 0.25) is 0 Å². The molecule has 0 aromatic heterocycles. The minimum Gasteiger partial charge on any atom is -0.444 e. The molecule has 102 valence electrons. The summed E-state index contributed by atoms with van der Waals surface area (Å²) in [6, 6.07) is 0. The van der Waals surface area contributed by atoms with E-state index in [1.54, 1.807) is 20.8 Å². The summed E-state index contributed by atoms with van der Waals surface area (Å²) in [6.45, 7) is 10.4. The van der Waals surface area contributed by atoms with Gasteiger partial charge in [0.25, 0.3) is 0 Å². The monoisotopic (exact) mass is 247 g/mol. The number of alkyl carbamates (subject to hydrolysis) is 1. The van der Waals surface area contributed by atoms with E-state index in [9.17, 15) is 9.90 Å². The summed E-state index contributed by atoms with van der Waals surface area (Å²) in [5.41, 5.74) is -0.525. The molecule has 0 saturated heterocycles. The van der Waals surface area contributed by atoms with Crippen LogP contribution in [-0.4, -0.2) is 42.7 Å². The van der Waals surface area contributed by atoms with Crippen LogP contribution in [0.4, 0.5) is 4.79 Å². The lowest BCUT2D eigenvalue weighted by Crippen LogP contribution is -2.38. The second-order valence-corrected chi connectivity index (χ2v) is 5.47. The van der Waals surface area contributed by atoms with Crippen molar-refractivity contribution in [2.45, 2.75) is 46.3 Å². The third kappa shape index (κ3) is 11.5. The summed E-state index contributed by atoms with van der Waals surface area (Å²) in [7, 11) is 0. The zero-order valence-electron chi connectivity index (χ0n) is 11.4. The summed E-state index contributed by atoms with van der Waals surface area (Å²) < 4.78 is 10.3. The molecule has 1 amide bonds. The molecule has 0 aliphatic carbocycles. The Morgan fingerprint density at radius 2 is 1.88 bits per heavy atom. The number of hydrogen-bond donors (Lipinski definition) is 2. The van der Waals surface area contributed by atoms with Gasteiger partial charge >= 0.3 is 6.09 Å². The van der Waals surface area contributed by atoms with Gasteiger partial charge in [0.1, 0.15) is 5.60 Å². The summed E-state index contributed by atoms with van der Waals surface area (Å²) >= 11 is 0. The van der Waals surface area contributed by atoms with Crippen molar-refractivity contribution < 1.29 is 19.4 Å². The fourth-order valence-corrected chi connectivity index (χ4v) is 1.01. The third-order valence-electron chi connectivity index (χ3n) is 1.64. The number of hydrogen-bond acceptors (Lipinski definition) is 4. The Morgan fingerprint density at radius 1 is 1.29 bits per heavy atom. The van der Waals surface area contributed by atoms with E-state index < -0.39 is 17.8 Å². The van der Waals surface area contributed by atoms with Gasteiger partial charge < -0.3 is 19.9 Å². The first-order valence-corrected chi connectivity index (χ1v) is 5.93. The van der Waals surface area contributed by atoms with Crippen molar-refractivity contribution in [1.29, 1.82) is 0 Å². The molecule has 5 heteroatoms. The van der Waals surface area contributed by atoms with Gasteiger partial charge in [-0.2, -0.15) is 0 Å². The first-order chi connectivity index (χ1) is 7.70. The number of carbonyl (C=O) groups excluding carboxylic acids is 1. The first-order valence-electron chi connectivity index (χ1n) is 5.93. The molecule has 0 aliphatic rings. The number of carbonyl (C=O) groups is 1. The van der Waals surface area contributed by atoms with E-state index in [-0.39, 0.29) is 13.2 Å². The van der Waals surface area contributed by atoms with Crippen molar-refractivity contribution in [3.63, 3.8) is 0 Å². The Morgan fingerprint density at radius 3 is 2.35 bits per heavy atom. The molecular weight excluding hydrogens is 222 g/mol. The Hall–Kier alpha value is -0.810. The van der Waals surface area contributed by atoms with Gasteiger partial charge in [-0.3, -0.25) is 0 Å². The third-order valence-corrected chi connectivity index (χ3v) is 1.64. The number of ether oxygens (including phenoxy) is 2. The van der Waals surface area contributed by atoms with E-state index in [2.05, 4.69) is 5.32 Å². The van der Waals surface area contributed by atoms with Gasteiger partial charge in [0.15, 0.2) is 0 Å². The van der Waals surface area contributed by atoms with Crippen LogP contribution in [0.1, 0.15) is 34.6 Å². The smallest absolute Gasteiger partial charge is 0.407 e. The number of aliphatic hydroxyl groups excluding tert-OH is 1. The highest BCUT2D eigenvalue weighted by Gasteiger charge is 2.16. The molecule has 0 aliphatic heterocycles. The summed E-state index contributed by atoms with van der Waals surface area (Å²) in [6.07, 6.45) is -1.23. The van der Waals surface area contributed by atoms with Gasteiger partial charge in [-0.25, -0.2) is 4.79 Å². The van der Waals surface area contributed by atoms with Crippen molar-refractivity contribution in [2.75, 3.05) is 19.8 Å². The molecule has 0 saturated carbocycles. The van der Waals surface area contributed by atoms with Crippen molar-refractivity contribution in [2.24, 2.45) is 5.92 Å². The molecule has 2 N–H and O–H groups in total. The van der Waals surface area contributed by atoms with Crippen LogP contribution < -0.4 is 5.32 Å². The molecule has 0 heterocycles. The highest BCUT2D eigenvalue weighted by Crippen LogP contribution is 2.06. The summed E-state index contributed by atoms with van der Waals surface area (Å²) in [5.74, 6) is 0.431. The standard InChI is InChI=1S/C12H25NO4/c1-9(2)7-16-8-10(14)6-13-11(15)17-12(3,4)5/h9-10,14H,6-8H2,1-5H3,(H,13,15). The molecule has 5 nitrogen and oxygen atoms in total. The number of amides is 1. The maximum absolute atomic E-state index is 11.3. The summed E-state index contributed by atoms with van der Waals surface area (Å²) in [5, 5.41) is 12.0. The van der Waals surface area contributed by atoms with E-state index in [0.29, 0.717) is 12.5 Å². The van der Waals surface area contributed by atoms with E-state index in [1.165, 1.54) is 0 Å². The van der Waals surface area contributed by atoms with Gasteiger partial charge in [-0.15, -0.1) is 0 Å². The minimum absolute atomic E-state index is 0.132. The average Bonchev–Trinajstić information content (AvgIpc) is 2.11. The van der Waals surface area contributed by atoms with Gasteiger partial charge in [-0.1, -0.05) is 13.8 Å². The quantitative estimate of drug-likeness (QED) is 0.747. The van der Waals surface area contributed by atoms with Crippen molar-refractivity contribution in [1.82, 2.24) is 5.32 Å². The zero-order chi connectivity index (χ0) is 13.5. The van der Waals surface area contributed by atoms with Crippen LogP contribution in [0, 0.1) is 5.92 Å². The van der Waals surface area contributed by atoms with Gasteiger partial charge in [0.05, 0.1) is 12.7 Å². The second-order valence-electron chi connectivity index (χ2n) is 5.47. The van der Waals surface area contributed by atoms with Crippen LogP contribution in [-0.2, 0) is 9.47 Å². The molecule has 17 heavy (non-hydrogen) atoms. The normalized spacial score (nSPS) is 13.6. The molecule has 0 radical (unpaired) electrons. The average molecular weight is 247 g/mol. The predicted octanol–water partition coefficient (Wildman–Crippen LogP) is 1.54. The van der Waals surface area contributed by atoms with Crippen LogP contribution in [0.25, 0.3) is 0 Å². The first kappa shape index (κ1) is 16.2. The number of rotatable bonds is 6. The molecule has 0 aromatic carbocycles. The summed E-state index contributed by atoms with van der Waals surface area (Å²) in [4.78, 5) is 11.3. The molecule has 0 aromatic rings.